The Morgan fingerprint density at radius 3 is 2.52 bits per heavy atom. The van der Waals surface area contributed by atoms with Gasteiger partial charge in [-0.1, -0.05) is 49.6 Å². The first-order valence-electron chi connectivity index (χ1n) is 9.81. The topological polar surface area (TPSA) is 81.7 Å². The molecular weight excluding hydrogens is 346 g/mol. The maximum absolute atomic E-state index is 12.9. The lowest BCUT2D eigenvalue weighted by Crippen LogP contribution is -2.73. The van der Waals surface area contributed by atoms with E-state index in [1.54, 1.807) is 6.92 Å². The van der Waals surface area contributed by atoms with E-state index in [1.807, 2.05) is 30.3 Å². The number of carbonyl (C=O) groups excluding carboxylic acids is 3. The van der Waals surface area contributed by atoms with Crippen LogP contribution in [0.5, 0.6) is 0 Å². The summed E-state index contributed by atoms with van der Waals surface area (Å²) in [6, 6.07) is 9.21. The lowest BCUT2D eigenvalue weighted by Gasteiger charge is -2.57. The molecule has 2 saturated carbocycles. The van der Waals surface area contributed by atoms with Crippen LogP contribution in [-0.4, -0.2) is 36.5 Å². The molecule has 3 fully saturated rings. The Morgan fingerprint density at radius 2 is 1.85 bits per heavy atom. The Labute approximate surface area is 158 Å². The monoisotopic (exact) mass is 371 g/mol. The second-order valence-electron chi connectivity index (χ2n) is 7.67. The molecule has 27 heavy (non-hydrogen) atoms. The molecule has 1 unspecified atom stereocenters. The van der Waals surface area contributed by atoms with Gasteiger partial charge in [-0.2, -0.15) is 0 Å². The molecule has 1 amide bonds. The van der Waals surface area contributed by atoms with Gasteiger partial charge in [-0.15, -0.1) is 0 Å². The molecule has 1 aliphatic heterocycles. The Balaban J connectivity index is 1.76. The Hall–Kier alpha value is -2.21. The molecule has 0 spiro atoms. The number of ketones is 1. The summed E-state index contributed by atoms with van der Waals surface area (Å²) in [6.07, 6.45) is 5.21. The number of nitrogens with one attached hydrogen (secondary N) is 1. The Bertz CT molecular complexity index is 757. The SMILES string of the molecule is CCOC(=O)[C@]12CC(OC3CCCCC3)[C@@]1(c1ccccc1)NC(=O)C2=O. The first-order chi connectivity index (χ1) is 13.1. The fourth-order valence-corrected chi connectivity index (χ4v) is 5.01. The highest BCUT2D eigenvalue weighted by atomic mass is 16.5. The highest BCUT2D eigenvalue weighted by molar-refractivity contribution is 6.45. The second kappa shape index (κ2) is 6.75. The largest absolute Gasteiger partial charge is 0.465 e. The van der Waals surface area contributed by atoms with Crippen LogP contribution in [0.25, 0.3) is 0 Å². The van der Waals surface area contributed by atoms with Crippen molar-refractivity contribution in [1.29, 1.82) is 0 Å². The minimum atomic E-state index is -1.54. The van der Waals surface area contributed by atoms with Gasteiger partial charge in [-0.25, -0.2) is 0 Å². The van der Waals surface area contributed by atoms with E-state index in [0.717, 1.165) is 25.7 Å². The summed E-state index contributed by atoms with van der Waals surface area (Å²) in [5.41, 5.74) is -2.02. The minimum absolute atomic E-state index is 0.0946. The van der Waals surface area contributed by atoms with Gasteiger partial charge in [-0.05, 0) is 25.3 Å². The van der Waals surface area contributed by atoms with Gasteiger partial charge in [0.1, 0.15) is 5.54 Å². The fourth-order valence-electron chi connectivity index (χ4n) is 5.01. The van der Waals surface area contributed by atoms with Crippen LogP contribution in [0.15, 0.2) is 30.3 Å². The zero-order valence-electron chi connectivity index (χ0n) is 15.5. The predicted molar refractivity (Wildman–Crippen MR) is 96.7 cm³/mol. The van der Waals surface area contributed by atoms with Crippen molar-refractivity contribution < 1.29 is 23.9 Å². The first-order valence-corrected chi connectivity index (χ1v) is 9.81. The van der Waals surface area contributed by atoms with E-state index in [2.05, 4.69) is 5.32 Å². The average molecular weight is 371 g/mol. The highest BCUT2D eigenvalue weighted by Crippen LogP contribution is 2.62. The summed E-state index contributed by atoms with van der Waals surface area (Å²) < 4.78 is 11.6. The minimum Gasteiger partial charge on any atom is -0.465 e. The maximum Gasteiger partial charge on any atom is 0.323 e. The number of ether oxygens (including phenoxy) is 2. The average Bonchev–Trinajstić information content (AvgIpc) is 2.86. The van der Waals surface area contributed by atoms with E-state index in [-0.39, 0.29) is 19.1 Å². The molecule has 0 bridgehead atoms. The summed E-state index contributed by atoms with van der Waals surface area (Å²) in [5, 5.41) is 2.84. The number of Topliss-reactive ketones (excluding diaryl/α,β-unsaturated/α-hetero) is 1. The Morgan fingerprint density at radius 1 is 1.15 bits per heavy atom. The molecule has 0 aromatic heterocycles. The van der Waals surface area contributed by atoms with Gasteiger partial charge in [0, 0.05) is 6.42 Å². The number of esters is 1. The van der Waals surface area contributed by atoms with Crippen molar-refractivity contribution >= 4 is 17.7 Å². The van der Waals surface area contributed by atoms with E-state index in [1.165, 1.54) is 6.42 Å². The standard InChI is InChI=1S/C21H25NO5/c1-2-26-19(25)20-13-16(27-15-11-7-4-8-12-15)21(20,22-18(24)17(20)23)14-9-5-3-6-10-14/h3,5-6,9-10,15-16H,2,4,7-8,11-13H2,1H3,(H,22,24)/t16?,20-,21-/m1/s1. The van der Waals surface area contributed by atoms with Gasteiger partial charge in [0.2, 0.25) is 5.78 Å². The summed E-state index contributed by atoms with van der Waals surface area (Å²) in [6.45, 7) is 1.85. The predicted octanol–water partition coefficient (Wildman–Crippen LogP) is 2.25. The number of benzene rings is 1. The van der Waals surface area contributed by atoms with Crippen molar-refractivity contribution in [3.8, 4) is 0 Å². The smallest absolute Gasteiger partial charge is 0.323 e. The zero-order valence-corrected chi connectivity index (χ0v) is 15.5. The molecule has 6 nitrogen and oxygen atoms in total. The van der Waals surface area contributed by atoms with Gasteiger partial charge >= 0.3 is 5.97 Å². The molecule has 0 radical (unpaired) electrons. The first kappa shape index (κ1) is 18.2. The molecule has 4 rings (SSSR count). The van der Waals surface area contributed by atoms with Crippen LogP contribution in [0.3, 0.4) is 0 Å². The van der Waals surface area contributed by atoms with E-state index >= 15 is 0 Å². The molecular formula is C21H25NO5. The molecule has 1 N–H and O–H groups in total. The lowest BCUT2D eigenvalue weighted by atomic mass is 9.50. The molecule has 3 aliphatic rings. The van der Waals surface area contributed by atoms with Crippen LogP contribution >= 0.6 is 0 Å². The molecule has 1 heterocycles. The second-order valence-corrected chi connectivity index (χ2v) is 7.67. The summed E-state index contributed by atoms with van der Waals surface area (Å²) in [5.74, 6) is -2.09. The number of amides is 1. The molecule has 144 valence electrons. The number of carbonyl (C=O) groups is 3. The number of hydrogen-bond acceptors (Lipinski definition) is 5. The normalized spacial score (nSPS) is 33.1. The summed E-state index contributed by atoms with van der Waals surface area (Å²) >= 11 is 0. The van der Waals surface area contributed by atoms with Crippen LogP contribution in [-0.2, 0) is 29.4 Å². The number of fused-ring (bicyclic) bond motifs is 1. The molecule has 3 atom stereocenters. The van der Waals surface area contributed by atoms with Crippen molar-refractivity contribution in [2.24, 2.45) is 5.41 Å². The van der Waals surface area contributed by atoms with Crippen molar-refractivity contribution in [2.75, 3.05) is 6.61 Å². The Kier molecular flexibility index (Phi) is 4.54. The van der Waals surface area contributed by atoms with E-state index in [0.29, 0.717) is 5.56 Å². The van der Waals surface area contributed by atoms with Crippen molar-refractivity contribution in [1.82, 2.24) is 5.32 Å². The van der Waals surface area contributed by atoms with Crippen molar-refractivity contribution in [3.63, 3.8) is 0 Å². The molecule has 6 heteroatoms. The quantitative estimate of drug-likeness (QED) is 0.488. The van der Waals surface area contributed by atoms with Gasteiger partial charge in [0.05, 0.1) is 18.8 Å². The summed E-state index contributed by atoms with van der Waals surface area (Å²) in [4.78, 5) is 38.2. The molecule has 1 aromatic rings. The fraction of sp³-hybridized carbons (Fsp3) is 0.571. The van der Waals surface area contributed by atoms with E-state index in [9.17, 15) is 14.4 Å². The number of rotatable bonds is 5. The molecule has 1 aromatic carbocycles. The van der Waals surface area contributed by atoms with Crippen molar-refractivity contribution in [3.05, 3.63) is 35.9 Å². The van der Waals surface area contributed by atoms with Crippen LogP contribution in [0.4, 0.5) is 0 Å². The zero-order chi connectivity index (χ0) is 19.1. The van der Waals surface area contributed by atoms with Gasteiger partial charge < -0.3 is 14.8 Å². The van der Waals surface area contributed by atoms with Crippen LogP contribution < -0.4 is 5.32 Å². The van der Waals surface area contributed by atoms with Gasteiger partial charge in [0.15, 0.2) is 5.41 Å². The third kappa shape index (κ3) is 2.46. The van der Waals surface area contributed by atoms with Crippen LogP contribution in [0.2, 0.25) is 0 Å². The van der Waals surface area contributed by atoms with Gasteiger partial charge in [-0.3, -0.25) is 14.4 Å². The van der Waals surface area contributed by atoms with Gasteiger partial charge in [0.25, 0.3) is 5.91 Å². The lowest BCUT2D eigenvalue weighted by molar-refractivity contribution is -0.209. The highest BCUT2D eigenvalue weighted by Gasteiger charge is 2.81. The number of hydrogen-bond donors (Lipinski definition) is 1. The van der Waals surface area contributed by atoms with E-state index < -0.39 is 34.7 Å². The van der Waals surface area contributed by atoms with Crippen LogP contribution in [0.1, 0.15) is 51.0 Å². The van der Waals surface area contributed by atoms with Crippen LogP contribution in [0, 0.1) is 5.41 Å². The van der Waals surface area contributed by atoms with Crippen molar-refractivity contribution in [2.45, 2.75) is 63.2 Å². The maximum atomic E-state index is 12.9. The molecule has 1 saturated heterocycles. The summed E-state index contributed by atoms with van der Waals surface area (Å²) in [7, 11) is 0. The third-order valence-electron chi connectivity index (χ3n) is 6.31. The van der Waals surface area contributed by atoms with E-state index in [4.69, 9.17) is 9.47 Å². The molecule has 2 aliphatic carbocycles. The third-order valence-corrected chi connectivity index (χ3v) is 6.31.